The lowest BCUT2D eigenvalue weighted by Crippen LogP contribution is -2.38. The van der Waals surface area contributed by atoms with E-state index in [2.05, 4.69) is 15.9 Å². The topological polar surface area (TPSA) is 52.6 Å². The van der Waals surface area contributed by atoms with Crippen molar-refractivity contribution in [2.75, 3.05) is 6.61 Å². The van der Waals surface area contributed by atoms with Crippen molar-refractivity contribution in [3.63, 3.8) is 0 Å². The Morgan fingerprint density at radius 2 is 1.56 bits per heavy atom. The molecule has 0 bridgehead atoms. The average molecular weight is 405 g/mol. The van der Waals surface area contributed by atoms with Crippen LogP contribution < -0.4 is 4.74 Å². The number of hydrogen-bond acceptors (Lipinski definition) is 4. The molecule has 0 aromatic heterocycles. The molecular formula is C20H21BrO4. The third-order valence-corrected chi connectivity index (χ3v) is 4.31. The Labute approximate surface area is 156 Å². The second-order valence-corrected chi connectivity index (χ2v) is 7.18. The van der Waals surface area contributed by atoms with Crippen molar-refractivity contribution in [3.8, 4) is 16.9 Å². The Hall–Kier alpha value is -2.14. The van der Waals surface area contributed by atoms with Crippen LogP contribution in [0.1, 0.15) is 20.8 Å². The Bertz CT molecular complexity index is 723. The number of alkyl halides is 1. The molecule has 5 heteroatoms. The van der Waals surface area contributed by atoms with Crippen LogP contribution in [-0.2, 0) is 14.3 Å². The quantitative estimate of drug-likeness (QED) is 0.499. The number of ether oxygens (including phenoxy) is 2. The minimum absolute atomic E-state index is 0.0135. The van der Waals surface area contributed by atoms with E-state index < -0.39 is 16.4 Å². The van der Waals surface area contributed by atoms with Crippen molar-refractivity contribution in [3.05, 3.63) is 54.6 Å². The van der Waals surface area contributed by atoms with Gasteiger partial charge in [-0.25, -0.2) is 0 Å². The molecule has 2 aromatic rings. The zero-order valence-corrected chi connectivity index (χ0v) is 16.1. The molecule has 0 amide bonds. The number of benzene rings is 2. The van der Waals surface area contributed by atoms with Gasteiger partial charge in [0.2, 0.25) is 5.01 Å². The molecule has 1 unspecified atom stereocenters. The molecule has 0 N–H and O–H groups in total. The van der Waals surface area contributed by atoms with Crippen LogP contribution in [0.5, 0.6) is 5.75 Å². The van der Waals surface area contributed by atoms with E-state index in [-0.39, 0.29) is 12.4 Å². The summed E-state index contributed by atoms with van der Waals surface area (Å²) >= 11 is 3.27. The van der Waals surface area contributed by atoms with Crippen LogP contribution in [-0.4, -0.2) is 23.4 Å². The zero-order valence-electron chi connectivity index (χ0n) is 14.5. The molecule has 25 heavy (non-hydrogen) atoms. The maximum Gasteiger partial charge on any atom is 0.302 e. The van der Waals surface area contributed by atoms with Gasteiger partial charge >= 0.3 is 5.97 Å². The van der Waals surface area contributed by atoms with Gasteiger partial charge in [0.25, 0.3) is 0 Å². The van der Waals surface area contributed by atoms with Crippen LogP contribution in [0.2, 0.25) is 0 Å². The predicted molar refractivity (Wildman–Crippen MR) is 101 cm³/mol. The van der Waals surface area contributed by atoms with Crippen LogP contribution in [0.25, 0.3) is 11.1 Å². The molecule has 132 valence electrons. The maximum absolute atomic E-state index is 12.5. The highest BCUT2D eigenvalue weighted by Crippen LogP contribution is 2.27. The molecule has 0 spiro atoms. The molecule has 0 aliphatic carbocycles. The van der Waals surface area contributed by atoms with Crippen molar-refractivity contribution in [2.45, 2.75) is 25.8 Å². The van der Waals surface area contributed by atoms with Gasteiger partial charge in [-0.05, 0) is 53.0 Å². The number of carbonyl (C=O) groups is 2. The van der Waals surface area contributed by atoms with Crippen molar-refractivity contribution in [2.24, 2.45) is 5.41 Å². The summed E-state index contributed by atoms with van der Waals surface area (Å²) in [6.45, 7) is 4.76. The van der Waals surface area contributed by atoms with Crippen molar-refractivity contribution in [1.29, 1.82) is 0 Å². The molecule has 0 radical (unpaired) electrons. The van der Waals surface area contributed by atoms with Crippen molar-refractivity contribution in [1.82, 2.24) is 0 Å². The molecule has 0 saturated heterocycles. The summed E-state index contributed by atoms with van der Waals surface area (Å²) in [5.41, 5.74) is 1.34. The van der Waals surface area contributed by atoms with Crippen LogP contribution >= 0.6 is 15.9 Å². The standard InChI is InChI=1S/C20H21BrO4/c1-14(22)24-13-20(2,3)18(23)19(21)25-17-11-9-16(10-12-17)15-7-5-4-6-8-15/h4-12,19H,13H2,1-3H3. The summed E-state index contributed by atoms with van der Waals surface area (Å²) < 4.78 is 10.6. The normalized spacial score (nSPS) is 12.3. The largest absolute Gasteiger partial charge is 0.471 e. The highest BCUT2D eigenvalue weighted by Gasteiger charge is 2.35. The van der Waals surface area contributed by atoms with E-state index in [1.54, 1.807) is 13.8 Å². The first-order valence-electron chi connectivity index (χ1n) is 7.93. The second kappa shape index (κ2) is 8.30. The molecule has 1 atom stereocenters. The third kappa shape index (κ3) is 5.43. The van der Waals surface area contributed by atoms with E-state index in [4.69, 9.17) is 9.47 Å². The Morgan fingerprint density at radius 3 is 2.12 bits per heavy atom. The molecule has 4 nitrogen and oxygen atoms in total. The second-order valence-electron chi connectivity index (χ2n) is 6.35. The highest BCUT2D eigenvalue weighted by atomic mass is 79.9. The predicted octanol–water partition coefficient (Wildman–Crippen LogP) is 4.61. The first-order valence-corrected chi connectivity index (χ1v) is 8.85. The van der Waals surface area contributed by atoms with Crippen molar-refractivity contribution < 1.29 is 19.1 Å². The molecule has 0 aliphatic rings. The summed E-state index contributed by atoms with van der Waals surface area (Å²) in [4.78, 5) is 23.5. The molecule has 0 saturated carbocycles. The number of esters is 1. The van der Waals surface area contributed by atoms with E-state index in [9.17, 15) is 9.59 Å². The van der Waals surface area contributed by atoms with Gasteiger partial charge < -0.3 is 9.47 Å². The van der Waals surface area contributed by atoms with Gasteiger partial charge in [0.15, 0.2) is 5.78 Å². The lowest BCUT2D eigenvalue weighted by Gasteiger charge is -2.25. The van der Waals surface area contributed by atoms with Gasteiger partial charge in [-0.1, -0.05) is 42.5 Å². The number of rotatable bonds is 7. The smallest absolute Gasteiger partial charge is 0.302 e. The fraction of sp³-hybridized carbons (Fsp3) is 0.300. The molecule has 2 rings (SSSR count). The molecule has 0 aliphatic heterocycles. The Morgan fingerprint density at radius 1 is 1.00 bits per heavy atom. The first kappa shape index (κ1) is 19.2. The average Bonchev–Trinajstić information content (AvgIpc) is 2.61. The van der Waals surface area contributed by atoms with Crippen LogP contribution in [0.3, 0.4) is 0 Å². The van der Waals surface area contributed by atoms with Crippen LogP contribution in [0.4, 0.5) is 0 Å². The van der Waals surface area contributed by atoms with Crippen LogP contribution in [0, 0.1) is 5.41 Å². The summed E-state index contributed by atoms with van der Waals surface area (Å²) in [5, 5.41) is -0.819. The van der Waals surface area contributed by atoms with E-state index in [0.717, 1.165) is 11.1 Å². The maximum atomic E-state index is 12.5. The fourth-order valence-electron chi connectivity index (χ4n) is 2.19. The number of ketones is 1. The van der Waals surface area contributed by atoms with E-state index in [0.29, 0.717) is 5.75 Å². The van der Waals surface area contributed by atoms with Gasteiger partial charge in [-0.2, -0.15) is 0 Å². The lowest BCUT2D eigenvalue weighted by molar-refractivity contribution is -0.147. The molecular weight excluding hydrogens is 384 g/mol. The molecule has 0 fully saturated rings. The van der Waals surface area contributed by atoms with Gasteiger partial charge in [-0.3, -0.25) is 9.59 Å². The lowest BCUT2D eigenvalue weighted by atomic mass is 9.89. The number of carbonyl (C=O) groups excluding carboxylic acids is 2. The van der Waals surface area contributed by atoms with Gasteiger partial charge in [0, 0.05) is 6.92 Å². The molecule has 2 aromatic carbocycles. The van der Waals surface area contributed by atoms with Crippen molar-refractivity contribution >= 4 is 27.7 Å². The minimum atomic E-state index is -0.843. The Balaban J connectivity index is 2.01. The monoisotopic (exact) mass is 404 g/mol. The Kier molecular flexibility index (Phi) is 6.37. The summed E-state index contributed by atoms with van der Waals surface area (Å²) in [6, 6.07) is 17.5. The summed E-state index contributed by atoms with van der Waals surface area (Å²) in [5.74, 6) is -0.0245. The SMILES string of the molecule is CC(=O)OCC(C)(C)C(=O)C(Br)Oc1ccc(-c2ccccc2)cc1. The van der Waals surface area contributed by atoms with Crippen LogP contribution in [0.15, 0.2) is 54.6 Å². The van der Waals surface area contributed by atoms with E-state index >= 15 is 0 Å². The van der Waals surface area contributed by atoms with E-state index in [1.165, 1.54) is 6.92 Å². The summed E-state index contributed by atoms with van der Waals surface area (Å²) in [6.07, 6.45) is 0. The first-order chi connectivity index (χ1) is 11.8. The van der Waals surface area contributed by atoms with Gasteiger partial charge in [-0.15, -0.1) is 0 Å². The van der Waals surface area contributed by atoms with Gasteiger partial charge in [0.1, 0.15) is 12.4 Å². The molecule has 0 heterocycles. The number of hydrogen-bond donors (Lipinski definition) is 0. The number of Topliss-reactive ketones (excluding diaryl/α,β-unsaturated/α-hetero) is 1. The minimum Gasteiger partial charge on any atom is -0.471 e. The van der Waals surface area contributed by atoms with Gasteiger partial charge in [0.05, 0.1) is 5.41 Å². The summed E-state index contributed by atoms with van der Waals surface area (Å²) in [7, 11) is 0. The van der Waals surface area contributed by atoms with E-state index in [1.807, 2.05) is 54.6 Å². The zero-order chi connectivity index (χ0) is 18.4. The fourth-order valence-corrected chi connectivity index (χ4v) is 3.03. The highest BCUT2D eigenvalue weighted by molar-refractivity contribution is 9.09. The third-order valence-electron chi connectivity index (χ3n) is 3.71. The number of halogens is 1.